The van der Waals surface area contributed by atoms with Crippen LogP contribution in [0.2, 0.25) is 0 Å². The molecule has 3 rings (SSSR count). The minimum atomic E-state index is -0.644. The van der Waals surface area contributed by atoms with Gasteiger partial charge >= 0.3 is 0 Å². The summed E-state index contributed by atoms with van der Waals surface area (Å²) < 4.78 is 29.2. The Kier molecular flexibility index (Phi) is 8.05. The zero-order valence-electron chi connectivity index (χ0n) is 17.5. The van der Waals surface area contributed by atoms with Crippen LogP contribution in [0.5, 0.6) is 0 Å². The first-order chi connectivity index (χ1) is 14.5. The van der Waals surface area contributed by atoms with Gasteiger partial charge in [-0.25, -0.2) is 8.78 Å². The molecule has 1 fully saturated rings. The maximum atomic E-state index is 14.6. The van der Waals surface area contributed by atoms with Gasteiger partial charge in [-0.05, 0) is 68.2 Å². The summed E-state index contributed by atoms with van der Waals surface area (Å²) in [4.78, 5) is 4.39. The molecule has 0 atom stereocenters. The second kappa shape index (κ2) is 10.7. The van der Waals surface area contributed by atoms with Gasteiger partial charge in [-0.3, -0.25) is 4.98 Å². The van der Waals surface area contributed by atoms with Crippen LogP contribution in [0.3, 0.4) is 0 Å². The van der Waals surface area contributed by atoms with Crippen molar-refractivity contribution in [2.24, 2.45) is 11.8 Å². The quantitative estimate of drug-likeness (QED) is 0.340. The Morgan fingerprint density at radius 2 is 1.83 bits per heavy atom. The number of aryl methyl sites for hydroxylation is 1. The van der Waals surface area contributed by atoms with Crippen LogP contribution < -0.4 is 0 Å². The molecule has 4 heteroatoms. The SMILES string of the molecule is C=C(Cl)C1CCC(C#Cc2c(F)cc(-c3ccc(CCCCC)cn3)cc2F)CC1. The van der Waals surface area contributed by atoms with E-state index in [9.17, 15) is 8.78 Å². The third-order valence-corrected chi connectivity index (χ3v) is 6.11. The van der Waals surface area contributed by atoms with E-state index in [1.807, 2.05) is 12.1 Å². The number of benzene rings is 1. The first-order valence-electron chi connectivity index (χ1n) is 10.8. The lowest BCUT2D eigenvalue weighted by Gasteiger charge is -2.24. The van der Waals surface area contributed by atoms with Gasteiger partial charge in [-0.15, -0.1) is 0 Å². The topological polar surface area (TPSA) is 12.9 Å². The van der Waals surface area contributed by atoms with E-state index in [1.165, 1.54) is 25.0 Å². The molecule has 0 spiro atoms. The molecule has 1 aliphatic carbocycles. The van der Waals surface area contributed by atoms with Crippen LogP contribution in [0, 0.1) is 35.3 Å². The smallest absolute Gasteiger partial charge is 0.142 e. The lowest BCUT2D eigenvalue weighted by Crippen LogP contribution is -2.13. The first-order valence-corrected chi connectivity index (χ1v) is 11.2. The second-order valence-electron chi connectivity index (χ2n) is 8.09. The van der Waals surface area contributed by atoms with E-state index in [1.54, 1.807) is 6.20 Å². The summed E-state index contributed by atoms with van der Waals surface area (Å²) in [6, 6.07) is 6.44. The zero-order chi connectivity index (χ0) is 21.5. The van der Waals surface area contributed by atoms with Crippen molar-refractivity contribution < 1.29 is 8.78 Å². The fourth-order valence-corrected chi connectivity index (χ4v) is 4.11. The maximum Gasteiger partial charge on any atom is 0.142 e. The van der Waals surface area contributed by atoms with Crippen LogP contribution in [0.25, 0.3) is 11.3 Å². The number of unbranched alkanes of at least 4 members (excludes halogenated alkanes) is 2. The van der Waals surface area contributed by atoms with Gasteiger partial charge in [-0.1, -0.05) is 55.9 Å². The van der Waals surface area contributed by atoms with E-state index in [0.29, 0.717) is 22.2 Å². The molecular formula is C26H28ClF2N. The average molecular weight is 428 g/mol. The summed E-state index contributed by atoms with van der Waals surface area (Å²) in [6.45, 7) is 5.97. The highest BCUT2D eigenvalue weighted by atomic mass is 35.5. The molecule has 0 amide bonds. The van der Waals surface area contributed by atoms with Gasteiger partial charge in [0.2, 0.25) is 0 Å². The van der Waals surface area contributed by atoms with E-state index in [2.05, 4.69) is 30.3 Å². The van der Waals surface area contributed by atoms with Crippen LogP contribution in [0.15, 0.2) is 42.1 Å². The Hall–Kier alpha value is -2.18. The van der Waals surface area contributed by atoms with Crippen LogP contribution in [0.4, 0.5) is 8.78 Å². The summed E-state index contributed by atoms with van der Waals surface area (Å²) in [6.07, 6.45) is 9.83. The van der Waals surface area contributed by atoms with Crippen molar-refractivity contribution in [2.45, 2.75) is 58.3 Å². The van der Waals surface area contributed by atoms with Crippen molar-refractivity contribution in [1.29, 1.82) is 0 Å². The predicted octanol–water partition coefficient (Wildman–Crippen LogP) is 7.67. The summed E-state index contributed by atoms with van der Waals surface area (Å²) in [7, 11) is 0. The fraction of sp³-hybridized carbons (Fsp3) is 0.423. The van der Waals surface area contributed by atoms with Gasteiger partial charge in [0, 0.05) is 22.7 Å². The molecule has 1 heterocycles. The van der Waals surface area contributed by atoms with E-state index < -0.39 is 11.6 Å². The Bertz CT molecular complexity index is 909. The molecule has 158 valence electrons. The highest BCUT2D eigenvalue weighted by Crippen LogP contribution is 2.34. The summed E-state index contributed by atoms with van der Waals surface area (Å²) in [5.41, 5.74) is 1.96. The Morgan fingerprint density at radius 3 is 2.40 bits per heavy atom. The highest BCUT2D eigenvalue weighted by molar-refractivity contribution is 6.29. The first kappa shape index (κ1) is 22.5. The lowest BCUT2D eigenvalue weighted by molar-refractivity contribution is 0.361. The molecule has 1 aromatic heterocycles. The van der Waals surface area contributed by atoms with Crippen molar-refractivity contribution in [2.75, 3.05) is 0 Å². The monoisotopic (exact) mass is 427 g/mol. The van der Waals surface area contributed by atoms with Crippen molar-refractivity contribution in [1.82, 2.24) is 4.98 Å². The van der Waals surface area contributed by atoms with Gasteiger partial charge in [0.05, 0.1) is 11.3 Å². The number of rotatable bonds is 6. The molecule has 0 saturated heterocycles. The van der Waals surface area contributed by atoms with E-state index >= 15 is 0 Å². The molecule has 0 aliphatic heterocycles. The molecule has 0 unspecified atom stereocenters. The second-order valence-corrected chi connectivity index (χ2v) is 8.57. The average Bonchev–Trinajstić information content (AvgIpc) is 2.74. The summed E-state index contributed by atoms with van der Waals surface area (Å²) in [5.74, 6) is 4.96. The number of halogens is 3. The summed E-state index contributed by atoms with van der Waals surface area (Å²) in [5, 5.41) is 0.691. The van der Waals surface area contributed by atoms with Crippen molar-refractivity contribution >= 4 is 11.6 Å². The van der Waals surface area contributed by atoms with Crippen molar-refractivity contribution in [3.05, 3.63) is 64.8 Å². The molecular weight excluding hydrogens is 400 g/mol. The molecule has 1 aliphatic rings. The standard InChI is InChI=1S/C26H28ClF2N/c1-3-4-5-6-20-10-14-26(30-17-20)22-15-24(28)23(25(29)16-22)13-9-19-7-11-21(12-8-19)18(2)27/h10,14-17,19,21H,2-8,11-12H2,1H3. The summed E-state index contributed by atoms with van der Waals surface area (Å²) >= 11 is 5.99. The largest absolute Gasteiger partial charge is 0.256 e. The number of nitrogens with zero attached hydrogens (tertiary/aromatic N) is 1. The van der Waals surface area contributed by atoms with Gasteiger partial charge in [-0.2, -0.15) is 0 Å². The number of allylic oxidation sites excluding steroid dienone is 1. The predicted molar refractivity (Wildman–Crippen MR) is 120 cm³/mol. The Morgan fingerprint density at radius 1 is 1.13 bits per heavy atom. The number of hydrogen-bond donors (Lipinski definition) is 0. The molecule has 30 heavy (non-hydrogen) atoms. The zero-order valence-corrected chi connectivity index (χ0v) is 18.2. The third-order valence-electron chi connectivity index (χ3n) is 5.80. The Labute approximate surface area is 183 Å². The molecule has 1 aromatic carbocycles. The van der Waals surface area contributed by atoms with Gasteiger partial charge < -0.3 is 0 Å². The van der Waals surface area contributed by atoms with Crippen molar-refractivity contribution in [3.63, 3.8) is 0 Å². The van der Waals surface area contributed by atoms with Crippen LogP contribution in [0.1, 0.15) is 63.0 Å². The highest BCUT2D eigenvalue weighted by Gasteiger charge is 2.21. The van der Waals surface area contributed by atoms with Gasteiger partial charge in [0.25, 0.3) is 0 Å². The molecule has 2 aromatic rings. The number of hydrogen-bond acceptors (Lipinski definition) is 1. The minimum absolute atomic E-state index is 0.137. The number of aromatic nitrogens is 1. The van der Waals surface area contributed by atoms with E-state index in [0.717, 1.165) is 44.1 Å². The van der Waals surface area contributed by atoms with E-state index in [4.69, 9.17) is 11.6 Å². The van der Waals surface area contributed by atoms with Crippen molar-refractivity contribution in [3.8, 4) is 23.1 Å². The molecule has 1 saturated carbocycles. The molecule has 0 N–H and O–H groups in total. The normalized spacial score (nSPS) is 18.5. The third kappa shape index (κ3) is 5.92. The Balaban J connectivity index is 1.70. The van der Waals surface area contributed by atoms with Gasteiger partial charge in [0.15, 0.2) is 0 Å². The lowest BCUT2D eigenvalue weighted by atomic mass is 9.82. The number of pyridine rings is 1. The van der Waals surface area contributed by atoms with Crippen LogP contribution >= 0.6 is 11.6 Å². The maximum absolute atomic E-state index is 14.6. The fourth-order valence-electron chi connectivity index (χ4n) is 3.89. The van der Waals surface area contributed by atoms with Gasteiger partial charge in [0.1, 0.15) is 11.6 Å². The molecule has 0 bridgehead atoms. The molecule has 1 nitrogen and oxygen atoms in total. The van der Waals surface area contributed by atoms with E-state index in [-0.39, 0.29) is 11.5 Å². The van der Waals surface area contributed by atoms with Crippen LogP contribution in [-0.2, 0) is 6.42 Å². The van der Waals surface area contributed by atoms with Crippen LogP contribution in [-0.4, -0.2) is 4.98 Å². The minimum Gasteiger partial charge on any atom is -0.256 e. The molecule has 0 radical (unpaired) electrons.